The molecule has 1 aliphatic rings. The van der Waals surface area contributed by atoms with Gasteiger partial charge < -0.3 is 10.1 Å². The quantitative estimate of drug-likeness (QED) is 0.857. The molecule has 2 aromatic carbocycles. The van der Waals surface area contributed by atoms with Gasteiger partial charge >= 0.3 is 0 Å². The van der Waals surface area contributed by atoms with Crippen molar-refractivity contribution in [1.29, 1.82) is 0 Å². The molecule has 0 spiro atoms. The number of hydrogen-bond donors (Lipinski definition) is 1. The van der Waals surface area contributed by atoms with Crippen LogP contribution in [0.3, 0.4) is 0 Å². The smallest absolute Gasteiger partial charge is 0.122 e. The minimum Gasteiger partial charge on any atom is -0.488 e. The van der Waals surface area contributed by atoms with Crippen molar-refractivity contribution >= 4 is 0 Å². The van der Waals surface area contributed by atoms with E-state index in [0.717, 1.165) is 18.6 Å². The first-order chi connectivity index (χ1) is 10.3. The van der Waals surface area contributed by atoms with Crippen molar-refractivity contribution in [3.63, 3.8) is 0 Å². The molecule has 0 saturated heterocycles. The van der Waals surface area contributed by atoms with Crippen LogP contribution < -0.4 is 10.1 Å². The van der Waals surface area contributed by atoms with Crippen molar-refractivity contribution in [3.05, 3.63) is 65.2 Å². The van der Waals surface area contributed by atoms with Gasteiger partial charge in [0.1, 0.15) is 11.9 Å². The summed E-state index contributed by atoms with van der Waals surface area (Å²) < 4.78 is 6.36. The van der Waals surface area contributed by atoms with E-state index in [9.17, 15) is 0 Å². The molecular weight excluding hydrogens is 258 g/mol. The molecule has 2 aromatic rings. The Morgan fingerprint density at radius 1 is 1.05 bits per heavy atom. The fraction of sp³-hybridized carbons (Fsp3) is 0.368. The van der Waals surface area contributed by atoms with Gasteiger partial charge in [-0.1, -0.05) is 42.5 Å². The van der Waals surface area contributed by atoms with Crippen molar-refractivity contribution in [2.24, 2.45) is 0 Å². The molecule has 1 aliphatic carbocycles. The lowest BCUT2D eigenvalue weighted by Gasteiger charge is -2.27. The van der Waals surface area contributed by atoms with Crippen LogP contribution in [0.25, 0.3) is 0 Å². The van der Waals surface area contributed by atoms with E-state index in [1.165, 1.54) is 23.1 Å². The molecule has 110 valence electrons. The van der Waals surface area contributed by atoms with Crippen LogP contribution in [0.5, 0.6) is 5.75 Å². The van der Waals surface area contributed by atoms with Crippen molar-refractivity contribution in [3.8, 4) is 5.75 Å². The van der Waals surface area contributed by atoms with Crippen LogP contribution >= 0.6 is 0 Å². The molecule has 0 heterocycles. The normalized spacial score (nSPS) is 21.4. The van der Waals surface area contributed by atoms with Gasteiger partial charge in [-0.2, -0.15) is 0 Å². The molecule has 21 heavy (non-hydrogen) atoms. The number of likely N-dealkylation sites (N-methyl/N-ethyl adjacent to an activating group) is 1. The summed E-state index contributed by atoms with van der Waals surface area (Å²) in [4.78, 5) is 0. The van der Waals surface area contributed by atoms with Gasteiger partial charge in [0.05, 0.1) is 6.04 Å². The van der Waals surface area contributed by atoms with Crippen LogP contribution in [-0.4, -0.2) is 13.2 Å². The third-order valence-electron chi connectivity index (χ3n) is 4.38. The highest BCUT2D eigenvalue weighted by Gasteiger charge is 2.28. The lowest BCUT2D eigenvalue weighted by Crippen LogP contribution is -2.33. The third kappa shape index (κ3) is 2.96. The summed E-state index contributed by atoms with van der Waals surface area (Å²) in [5.41, 5.74) is 4.04. The Bertz CT molecular complexity index is 608. The molecule has 0 radical (unpaired) electrons. The second kappa shape index (κ2) is 6.31. The van der Waals surface area contributed by atoms with Gasteiger partial charge in [0.25, 0.3) is 0 Å². The summed E-state index contributed by atoms with van der Waals surface area (Å²) in [5.74, 6) is 1.00. The number of aryl methyl sites for hydroxylation is 2. The minimum absolute atomic E-state index is 0.180. The average Bonchev–Trinajstić information content (AvgIpc) is 2.68. The summed E-state index contributed by atoms with van der Waals surface area (Å²) in [5, 5.41) is 3.46. The van der Waals surface area contributed by atoms with E-state index in [1.807, 2.05) is 13.1 Å². The van der Waals surface area contributed by atoms with Gasteiger partial charge in [-0.3, -0.25) is 0 Å². The molecule has 0 fully saturated rings. The fourth-order valence-electron chi connectivity index (χ4n) is 3.25. The number of rotatable bonds is 3. The standard InChI is InChI=1S/C19H23NO/c1-14-8-3-6-12-17(14)21-18-13-7-10-15-9-4-5-11-16(15)19(18)20-2/h3-6,8-9,11-12,18-20H,7,10,13H2,1-2H3. The zero-order chi connectivity index (χ0) is 14.7. The lowest BCUT2D eigenvalue weighted by atomic mass is 9.97. The van der Waals surface area contributed by atoms with E-state index in [0.29, 0.717) is 0 Å². The monoisotopic (exact) mass is 281 g/mol. The first kappa shape index (κ1) is 14.2. The average molecular weight is 281 g/mol. The minimum atomic E-state index is 0.180. The zero-order valence-corrected chi connectivity index (χ0v) is 12.8. The molecule has 2 heteroatoms. The molecule has 2 unspecified atom stereocenters. The zero-order valence-electron chi connectivity index (χ0n) is 12.8. The highest BCUT2D eigenvalue weighted by molar-refractivity contribution is 5.35. The van der Waals surface area contributed by atoms with Crippen LogP contribution in [0.15, 0.2) is 48.5 Å². The predicted molar refractivity (Wildman–Crippen MR) is 86.8 cm³/mol. The van der Waals surface area contributed by atoms with Crippen molar-refractivity contribution in [2.75, 3.05) is 7.05 Å². The molecule has 2 nitrogen and oxygen atoms in total. The van der Waals surface area contributed by atoms with Gasteiger partial charge in [-0.15, -0.1) is 0 Å². The molecule has 1 N–H and O–H groups in total. The lowest BCUT2D eigenvalue weighted by molar-refractivity contribution is 0.147. The Labute approximate surface area is 127 Å². The maximum Gasteiger partial charge on any atom is 0.122 e. The number of ether oxygens (including phenoxy) is 1. The van der Waals surface area contributed by atoms with Crippen LogP contribution in [0.2, 0.25) is 0 Å². The maximum absolute atomic E-state index is 6.36. The molecule has 0 amide bonds. The van der Waals surface area contributed by atoms with E-state index in [-0.39, 0.29) is 12.1 Å². The van der Waals surface area contributed by atoms with E-state index in [2.05, 4.69) is 54.7 Å². The van der Waals surface area contributed by atoms with Crippen LogP contribution in [0.1, 0.15) is 35.6 Å². The van der Waals surface area contributed by atoms with E-state index in [1.54, 1.807) is 0 Å². The summed E-state index contributed by atoms with van der Waals surface area (Å²) in [6.45, 7) is 2.11. The molecule has 0 bridgehead atoms. The van der Waals surface area contributed by atoms with Gasteiger partial charge in [-0.05, 0) is 56.0 Å². The Hall–Kier alpha value is -1.80. The maximum atomic E-state index is 6.36. The van der Waals surface area contributed by atoms with Gasteiger partial charge in [0.15, 0.2) is 0 Å². The van der Waals surface area contributed by atoms with Crippen molar-refractivity contribution < 1.29 is 4.74 Å². The molecule has 0 saturated carbocycles. The number of benzene rings is 2. The van der Waals surface area contributed by atoms with Crippen molar-refractivity contribution in [2.45, 2.75) is 38.3 Å². The topological polar surface area (TPSA) is 21.3 Å². The summed E-state index contributed by atoms with van der Waals surface area (Å²) in [6.07, 6.45) is 3.57. The predicted octanol–water partition coefficient (Wildman–Crippen LogP) is 4.04. The first-order valence-corrected chi connectivity index (χ1v) is 7.77. The Morgan fingerprint density at radius 3 is 2.62 bits per heavy atom. The summed E-state index contributed by atoms with van der Waals surface area (Å²) in [6, 6.07) is 17.3. The first-order valence-electron chi connectivity index (χ1n) is 7.77. The van der Waals surface area contributed by atoms with Crippen LogP contribution in [0.4, 0.5) is 0 Å². The molecule has 0 aromatic heterocycles. The highest BCUT2D eigenvalue weighted by atomic mass is 16.5. The Morgan fingerprint density at radius 2 is 1.81 bits per heavy atom. The van der Waals surface area contributed by atoms with E-state index < -0.39 is 0 Å². The van der Waals surface area contributed by atoms with Crippen LogP contribution in [-0.2, 0) is 6.42 Å². The van der Waals surface area contributed by atoms with Crippen LogP contribution in [0, 0.1) is 6.92 Å². The highest BCUT2D eigenvalue weighted by Crippen LogP contribution is 2.32. The molecule has 0 aliphatic heterocycles. The van der Waals surface area contributed by atoms with E-state index >= 15 is 0 Å². The summed E-state index contributed by atoms with van der Waals surface area (Å²) in [7, 11) is 2.03. The second-order valence-electron chi connectivity index (χ2n) is 5.78. The number of hydrogen-bond acceptors (Lipinski definition) is 2. The van der Waals surface area contributed by atoms with Gasteiger partial charge in [0, 0.05) is 0 Å². The van der Waals surface area contributed by atoms with Gasteiger partial charge in [-0.25, -0.2) is 0 Å². The molecule has 2 atom stereocenters. The third-order valence-corrected chi connectivity index (χ3v) is 4.38. The second-order valence-corrected chi connectivity index (χ2v) is 5.78. The van der Waals surface area contributed by atoms with E-state index in [4.69, 9.17) is 4.74 Å². The number of nitrogens with one attached hydrogen (secondary N) is 1. The Kier molecular flexibility index (Phi) is 4.26. The van der Waals surface area contributed by atoms with Gasteiger partial charge in [0.2, 0.25) is 0 Å². The van der Waals surface area contributed by atoms with Crippen molar-refractivity contribution in [1.82, 2.24) is 5.32 Å². The fourth-order valence-corrected chi connectivity index (χ4v) is 3.25. The molecule has 3 rings (SSSR count). The SMILES string of the molecule is CNC1c2ccccc2CCCC1Oc1ccccc1C. The number of fused-ring (bicyclic) bond motifs is 1. The largest absolute Gasteiger partial charge is 0.488 e. The summed E-state index contributed by atoms with van der Waals surface area (Å²) >= 11 is 0. The number of para-hydroxylation sites is 1. The Balaban J connectivity index is 1.90. The molecular formula is C19H23NO.